The summed E-state index contributed by atoms with van der Waals surface area (Å²) in [5.41, 5.74) is 3.58. The molecule has 1 saturated heterocycles. The van der Waals surface area contributed by atoms with Gasteiger partial charge in [-0.05, 0) is 50.2 Å². The molecule has 2 aliphatic heterocycles. The normalized spacial score (nSPS) is 21.9. The van der Waals surface area contributed by atoms with Gasteiger partial charge in [0.25, 0.3) is 0 Å². The van der Waals surface area contributed by atoms with Crippen molar-refractivity contribution in [1.82, 2.24) is 9.80 Å². The van der Waals surface area contributed by atoms with Crippen LogP contribution in [0.25, 0.3) is 5.57 Å². The van der Waals surface area contributed by atoms with Crippen molar-refractivity contribution >= 4 is 17.5 Å². The highest BCUT2D eigenvalue weighted by atomic mass is 15.3. The Bertz CT molecular complexity index is 632. The minimum absolute atomic E-state index is 0.469. The SMILES string of the molecule is C=C(Nc1cccc(C2=CN=CC2)c1)N1CCCN(C)CC1C. The van der Waals surface area contributed by atoms with Gasteiger partial charge in [0.05, 0.1) is 5.82 Å². The van der Waals surface area contributed by atoms with E-state index in [1.54, 1.807) is 0 Å². The molecule has 0 spiro atoms. The molecule has 1 unspecified atom stereocenters. The van der Waals surface area contributed by atoms with Gasteiger partial charge in [0.1, 0.15) is 0 Å². The van der Waals surface area contributed by atoms with Gasteiger partial charge in [-0.25, -0.2) is 0 Å². The molecule has 2 aliphatic rings. The van der Waals surface area contributed by atoms with Gasteiger partial charge in [-0.3, -0.25) is 4.99 Å². The van der Waals surface area contributed by atoms with Crippen molar-refractivity contribution in [2.24, 2.45) is 4.99 Å². The van der Waals surface area contributed by atoms with Crippen molar-refractivity contribution in [3.8, 4) is 0 Å². The zero-order chi connectivity index (χ0) is 16.2. The molecule has 4 heteroatoms. The second-order valence-electron chi connectivity index (χ2n) is 6.50. The van der Waals surface area contributed by atoms with Crippen LogP contribution < -0.4 is 5.32 Å². The lowest BCUT2D eigenvalue weighted by atomic mass is 10.0. The van der Waals surface area contributed by atoms with E-state index in [-0.39, 0.29) is 0 Å². The first-order chi connectivity index (χ1) is 11.1. The van der Waals surface area contributed by atoms with Gasteiger partial charge in [0.15, 0.2) is 0 Å². The molecule has 1 aromatic rings. The van der Waals surface area contributed by atoms with Gasteiger partial charge < -0.3 is 15.1 Å². The van der Waals surface area contributed by atoms with Crippen LogP contribution in [0, 0.1) is 0 Å². The molecule has 1 N–H and O–H groups in total. The quantitative estimate of drug-likeness (QED) is 0.924. The number of nitrogens with zero attached hydrogens (tertiary/aromatic N) is 3. The summed E-state index contributed by atoms with van der Waals surface area (Å²) in [4.78, 5) is 8.97. The summed E-state index contributed by atoms with van der Waals surface area (Å²) in [6.07, 6.45) is 5.98. The average molecular weight is 310 g/mol. The molecule has 0 saturated carbocycles. The van der Waals surface area contributed by atoms with Crippen LogP contribution in [0.1, 0.15) is 25.3 Å². The van der Waals surface area contributed by atoms with E-state index in [1.165, 1.54) is 17.6 Å². The Balaban J connectivity index is 1.69. The number of allylic oxidation sites excluding steroid dienone is 1. The van der Waals surface area contributed by atoms with E-state index < -0.39 is 0 Å². The van der Waals surface area contributed by atoms with Crippen LogP contribution in [0.4, 0.5) is 5.69 Å². The van der Waals surface area contributed by atoms with E-state index in [0.29, 0.717) is 6.04 Å². The van der Waals surface area contributed by atoms with E-state index in [9.17, 15) is 0 Å². The lowest BCUT2D eigenvalue weighted by molar-refractivity contribution is 0.251. The van der Waals surface area contributed by atoms with E-state index in [0.717, 1.165) is 37.6 Å². The molecule has 0 radical (unpaired) electrons. The molecule has 0 bridgehead atoms. The lowest BCUT2D eigenvalue weighted by Crippen LogP contribution is -2.38. The molecule has 3 rings (SSSR count). The molecule has 4 nitrogen and oxygen atoms in total. The smallest absolute Gasteiger partial charge is 0.0986 e. The minimum atomic E-state index is 0.469. The highest BCUT2D eigenvalue weighted by Gasteiger charge is 2.20. The van der Waals surface area contributed by atoms with Crippen molar-refractivity contribution in [3.63, 3.8) is 0 Å². The fourth-order valence-electron chi connectivity index (χ4n) is 3.35. The molecule has 0 amide bonds. The molecule has 1 atom stereocenters. The average Bonchev–Trinajstić information content (AvgIpc) is 3.00. The summed E-state index contributed by atoms with van der Waals surface area (Å²) in [7, 11) is 2.19. The minimum Gasteiger partial charge on any atom is -0.355 e. The third kappa shape index (κ3) is 3.82. The summed E-state index contributed by atoms with van der Waals surface area (Å²) < 4.78 is 0. The van der Waals surface area contributed by atoms with Gasteiger partial charge in [0, 0.05) is 43.7 Å². The number of anilines is 1. The van der Waals surface area contributed by atoms with E-state index >= 15 is 0 Å². The van der Waals surface area contributed by atoms with Gasteiger partial charge in [-0.15, -0.1) is 0 Å². The molecule has 1 fully saturated rings. The Morgan fingerprint density at radius 3 is 3.00 bits per heavy atom. The summed E-state index contributed by atoms with van der Waals surface area (Å²) in [5.74, 6) is 0.988. The number of aliphatic imine (C=N–C) groups is 1. The standard InChI is InChI=1S/C19H26N4/c1-15-14-22(3)10-5-11-23(15)16(2)21-19-7-4-6-17(12-19)18-8-9-20-13-18/h4,6-7,9,12-13,15,21H,2,5,8,10-11,14H2,1,3H3. The number of rotatable bonds is 4. The Labute approximate surface area is 139 Å². The summed E-state index contributed by atoms with van der Waals surface area (Å²) in [6, 6.07) is 8.97. The molecular formula is C19H26N4. The maximum Gasteiger partial charge on any atom is 0.0986 e. The summed E-state index contributed by atoms with van der Waals surface area (Å²) in [6.45, 7) is 9.82. The highest BCUT2D eigenvalue weighted by Crippen LogP contribution is 2.25. The van der Waals surface area contributed by atoms with Crippen LogP contribution in [-0.4, -0.2) is 48.7 Å². The predicted molar refractivity (Wildman–Crippen MR) is 98.6 cm³/mol. The summed E-state index contributed by atoms with van der Waals surface area (Å²) >= 11 is 0. The number of hydrogen-bond donors (Lipinski definition) is 1. The summed E-state index contributed by atoms with van der Waals surface area (Å²) in [5, 5.41) is 3.49. The lowest BCUT2D eigenvalue weighted by Gasteiger charge is -2.32. The van der Waals surface area contributed by atoms with Gasteiger partial charge in [-0.2, -0.15) is 0 Å². The fourth-order valence-corrected chi connectivity index (χ4v) is 3.35. The zero-order valence-corrected chi connectivity index (χ0v) is 14.1. The first kappa shape index (κ1) is 15.8. The molecule has 0 aliphatic carbocycles. The monoisotopic (exact) mass is 310 g/mol. The molecule has 2 heterocycles. The number of hydrogen-bond acceptors (Lipinski definition) is 4. The third-order valence-electron chi connectivity index (χ3n) is 4.56. The molecular weight excluding hydrogens is 284 g/mol. The van der Waals surface area contributed by atoms with E-state index in [4.69, 9.17) is 0 Å². The number of likely N-dealkylation sites (N-methyl/N-ethyl adjacent to an activating group) is 1. The van der Waals surface area contributed by atoms with E-state index in [1.807, 2.05) is 12.4 Å². The van der Waals surface area contributed by atoms with Crippen LogP contribution in [-0.2, 0) is 0 Å². The van der Waals surface area contributed by atoms with Crippen molar-refractivity contribution in [2.75, 3.05) is 32.0 Å². The van der Waals surface area contributed by atoms with E-state index in [2.05, 4.69) is 64.9 Å². The maximum absolute atomic E-state index is 4.27. The van der Waals surface area contributed by atoms with Crippen molar-refractivity contribution < 1.29 is 0 Å². The van der Waals surface area contributed by atoms with Crippen LogP contribution in [0.15, 0.2) is 47.9 Å². The Hall–Kier alpha value is -2.07. The van der Waals surface area contributed by atoms with Gasteiger partial charge in [-0.1, -0.05) is 18.7 Å². The van der Waals surface area contributed by atoms with Crippen LogP contribution in [0.2, 0.25) is 0 Å². The second kappa shape index (κ2) is 7.01. The first-order valence-electron chi connectivity index (χ1n) is 8.36. The molecule has 1 aromatic carbocycles. The predicted octanol–water partition coefficient (Wildman–Crippen LogP) is 3.41. The number of benzene rings is 1. The highest BCUT2D eigenvalue weighted by molar-refractivity contribution is 5.85. The van der Waals surface area contributed by atoms with Crippen molar-refractivity contribution in [3.05, 3.63) is 48.4 Å². The Kier molecular flexibility index (Phi) is 4.82. The largest absolute Gasteiger partial charge is 0.355 e. The third-order valence-corrected chi connectivity index (χ3v) is 4.56. The molecule has 0 aromatic heterocycles. The van der Waals surface area contributed by atoms with Crippen molar-refractivity contribution in [1.29, 1.82) is 0 Å². The van der Waals surface area contributed by atoms with Crippen LogP contribution >= 0.6 is 0 Å². The second-order valence-corrected chi connectivity index (χ2v) is 6.50. The maximum atomic E-state index is 4.27. The fraction of sp³-hybridized carbons (Fsp3) is 0.421. The van der Waals surface area contributed by atoms with Gasteiger partial charge >= 0.3 is 0 Å². The molecule has 122 valence electrons. The van der Waals surface area contributed by atoms with Crippen LogP contribution in [0.5, 0.6) is 0 Å². The van der Waals surface area contributed by atoms with Gasteiger partial charge in [0.2, 0.25) is 0 Å². The zero-order valence-electron chi connectivity index (χ0n) is 14.1. The number of nitrogens with one attached hydrogen (secondary N) is 1. The Morgan fingerprint density at radius 2 is 2.22 bits per heavy atom. The first-order valence-corrected chi connectivity index (χ1v) is 8.36. The molecule has 23 heavy (non-hydrogen) atoms. The topological polar surface area (TPSA) is 30.9 Å². The van der Waals surface area contributed by atoms with Crippen LogP contribution in [0.3, 0.4) is 0 Å². The Morgan fingerprint density at radius 1 is 1.35 bits per heavy atom. The van der Waals surface area contributed by atoms with Crippen molar-refractivity contribution in [2.45, 2.75) is 25.8 Å².